The van der Waals surface area contributed by atoms with Gasteiger partial charge in [0, 0.05) is 28.5 Å². The number of thiophene rings is 1. The normalized spacial score (nSPS) is 10.5. The molecule has 2 aromatic rings. The largest absolute Gasteiger partial charge is 0.477 e. The Hall–Kier alpha value is -1.77. The summed E-state index contributed by atoms with van der Waals surface area (Å²) in [6, 6.07) is 6.19. The average Bonchev–Trinajstić information content (AvgIpc) is 2.84. The first-order chi connectivity index (χ1) is 10.0. The number of carboxylic acids is 1. The maximum absolute atomic E-state index is 11.3. The Morgan fingerprint density at radius 3 is 2.71 bits per heavy atom. The highest BCUT2D eigenvalue weighted by Crippen LogP contribution is 2.24. The maximum Gasteiger partial charge on any atom is 0.343 e. The van der Waals surface area contributed by atoms with Crippen LogP contribution in [0, 0.1) is 10.1 Å². The molecule has 6 nitrogen and oxygen atoms in total. The molecule has 0 spiro atoms. The van der Waals surface area contributed by atoms with E-state index in [4.69, 9.17) is 0 Å². The van der Waals surface area contributed by atoms with Crippen LogP contribution < -0.4 is 5.32 Å². The van der Waals surface area contributed by atoms with Crippen LogP contribution in [0.15, 0.2) is 34.1 Å². The number of rotatable bonds is 6. The van der Waals surface area contributed by atoms with Crippen molar-refractivity contribution >= 4 is 38.9 Å². The molecule has 0 unspecified atom stereocenters. The molecule has 0 bridgehead atoms. The standard InChI is InChI=1S/C13H11BrN2O4S/c14-9-4-5-21-11(9)7-15-6-8-2-1-3-10(16(19)20)12(8)13(17)18/h1-5,15H,6-7H2,(H,17,18). The topological polar surface area (TPSA) is 92.5 Å². The number of nitrogens with one attached hydrogen (secondary N) is 1. The first-order valence-corrected chi connectivity index (χ1v) is 7.60. The molecule has 0 atom stereocenters. The first kappa shape index (κ1) is 15.6. The van der Waals surface area contributed by atoms with E-state index in [1.54, 1.807) is 17.4 Å². The van der Waals surface area contributed by atoms with E-state index in [2.05, 4.69) is 21.2 Å². The molecule has 8 heteroatoms. The summed E-state index contributed by atoms with van der Waals surface area (Å²) in [7, 11) is 0. The van der Waals surface area contributed by atoms with E-state index in [1.165, 1.54) is 12.1 Å². The second kappa shape index (κ2) is 6.79. The molecule has 0 saturated carbocycles. The fourth-order valence-electron chi connectivity index (χ4n) is 1.89. The molecule has 0 aliphatic heterocycles. The molecule has 0 saturated heterocycles. The lowest BCUT2D eigenvalue weighted by Crippen LogP contribution is -2.16. The van der Waals surface area contributed by atoms with Crippen molar-refractivity contribution in [2.45, 2.75) is 13.1 Å². The Morgan fingerprint density at radius 2 is 2.14 bits per heavy atom. The van der Waals surface area contributed by atoms with Crippen LogP contribution in [0.25, 0.3) is 0 Å². The van der Waals surface area contributed by atoms with E-state index in [9.17, 15) is 20.0 Å². The highest BCUT2D eigenvalue weighted by atomic mass is 79.9. The summed E-state index contributed by atoms with van der Waals surface area (Å²) in [5.41, 5.74) is -0.260. The summed E-state index contributed by atoms with van der Waals surface area (Å²) in [4.78, 5) is 22.6. The molecular formula is C13H11BrN2O4S. The SMILES string of the molecule is O=C(O)c1c(CNCc2sccc2Br)cccc1[N+](=O)[O-]. The Kier molecular flexibility index (Phi) is 5.05. The van der Waals surface area contributed by atoms with Crippen molar-refractivity contribution in [1.29, 1.82) is 0 Å². The number of carbonyl (C=O) groups is 1. The number of hydrogen-bond donors (Lipinski definition) is 2. The average molecular weight is 371 g/mol. The summed E-state index contributed by atoms with van der Waals surface area (Å²) in [6.45, 7) is 0.799. The van der Waals surface area contributed by atoms with Crippen molar-refractivity contribution in [2.75, 3.05) is 0 Å². The van der Waals surface area contributed by atoms with Crippen molar-refractivity contribution in [3.05, 3.63) is 60.2 Å². The summed E-state index contributed by atoms with van der Waals surface area (Å²) in [5, 5.41) is 25.1. The molecule has 110 valence electrons. The van der Waals surface area contributed by atoms with Gasteiger partial charge in [0.25, 0.3) is 5.69 Å². The van der Waals surface area contributed by atoms with Gasteiger partial charge in [-0.05, 0) is 32.9 Å². The van der Waals surface area contributed by atoms with Gasteiger partial charge in [0.1, 0.15) is 5.56 Å². The van der Waals surface area contributed by atoms with Crippen LogP contribution >= 0.6 is 27.3 Å². The number of benzene rings is 1. The zero-order chi connectivity index (χ0) is 15.4. The predicted octanol–water partition coefficient (Wildman–Crippen LogP) is 3.41. The van der Waals surface area contributed by atoms with Crippen molar-refractivity contribution < 1.29 is 14.8 Å². The van der Waals surface area contributed by atoms with Gasteiger partial charge in [-0.2, -0.15) is 0 Å². The van der Waals surface area contributed by atoms with E-state index in [0.717, 1.165) is 9.35 Å². The number of hydrogen-bond acceptors (Lipinski definition) is 5. The van der Waals surface area contributed by atoms with E-state index >= 15 is 0 Å². The van der Waals surface area contributed by atoms with E-state index in [0.29, 0.717) is 12.1 Å². The summed E-state index contributed by atoms with van der Waals surface area (Å²) >= 11 is 4.98. The van der Waals surface area contributed by atoms with E-state index in [1.807, 2.05) is 11.4 Å². The van der Waals surface area contributed by atoms with Gasteiger partial charge >= 0.3 is 5.97 Å². The molecular weight excluding hydrogens is 360 g/mol. The lowest BCUT2D eigenvalue weighted by Gasteiger charge is -2.08. The van der Waals surface area contributed by atoms with Crippen molar-refractivity contribution in [2.24, 2.45) is 0 Å². The fraction of sp³-hybridized carbons (Fsp3) is 0.154. The van der Waals surface area contributed by atoms with Crippen LogP contribution in [0.5, 0.6) is 0 Å². The van der Waals surface area contributed by atoms with Crippen LogP contribution in [-0.2, 0) is 13.1 Å². The summed E-state index contributed by atoms with van der Waals surface area (Å²) in [5.74, 6) is -1.29. The number of halogens is 1. The van der Waals surface area contributed by atoms with Crippen LogP contribution in [0.2, 0.25) is 0 Å². The predicted molar refractivity (Wildman–Crippen MR) is 82.6 cm³/mol. The van der Waals surface area contributed by atoms with Crippen LogP contribution in [0.4, 0.5) is 5.69 Å². The monoisotopic (exact) mass is 370 g/mol. The lowest BCUT2D eigenvalue weighted by atomic mass is 10.1. The molecule has 0 aliphatic rings. The molecule has 0 amide bonds. The second-order valence-corrected chi connectivity index (χ2v) is 6.02. The smallest absolute Gasteiger partial charge is 0.343 e. The van der Waals surface area contributed by atoms with E-state index < -0.39 is 10.9 Å². The number of nitro groups is 1. The third kappa shape index (κ3) is 3.66. The Morgan fingerprint density at radius 1 is 1.38 bits per heavy atom. The Bertz CT molecular complexity index is 687. The number of aromatic carboxylic acids is 1. The highest BCUT2D eigenvalue weighted by molar-refractivity contribution is 9.10. The minimum Gasteiger partial charge on any atom is -0.477 e. The van der Waals surface area contributed by atoms with Gasteiger partial charge < -0.3 is 10.4 Å². The molecule has 2 rings (SSSR count). The lowest BCUT2D eigenvalue weighted by molar-refractivity contribution is -0.385. The summed E-state index contributed by atoms with van der Waals surface area (Å²) < 4.78 is 0.984. The van der Waals surface area contributed by atoms with Crippen molar-refractivity contribution in [1.82, 2.24) is 5.32 Å². The second-order valence-electron chi connectivity index (χ2n) is 4.17. The zero-order valence-corrected chi connectivity index (χ0v) is 13.1. The number of carboxylic acid groups (broad SMARTS) is 1. The Labute approximate surface area is 132 Å². The molecule has 0 radical (unpaired) electrons. The van der Waals surface area contributed by atoms with Crippen LogP contribution in [0.1, 0.15) is 20.8 Å². The van der Waals surface area contributed by atoms with Crippen molar-refractivity contribution in [3.63, 3.8) is 0 Å². The molecule has 21 heavy (non-hydrogen) atoms. The van der Waals surface area contributed by atoms with Gasteiger partial charge in [-0.25, -0.2) is 4.79 Å². The van der Waals surface area contributed by atoms with Gasteiger partial charge in [0.15, 0.2) is 0 Å². The van der Waals surface area contributed by atoms with Crippen LogP contribution in [0.3, 0.4) is 0 Å². The minimum absolute atomic E-state index is 0.244. The van der Waals surface area contributed by atoms with Gasteiger partial charge in [-0.3, -0.25) is 10.1 Å². The third-order valence-electron chi connectivity index (χ3n) is 2.83. The molecule has 1 aromatic carbocycles. The zero-order valence-electron chi connectivity index (χ0n) is 10.7. The van der Waals surface area contributed by atoms with Gasteiger partial charge in [0.2, 0.25) is 0 Å². The van der Waals surface area contributed by atoms with Crippen molar-refractivity contribution in [3.8, 4) is 0 Å². The molecule has 0 aliphatic carbocycles. The highest BCUT2D eigenvalue weighted by Gasteiger charge is 2.22. The summed E-state index contributed by atoms with van der Waals surface area (Å²) in [6.07, 6.45) is 0. The third-order valence-corrected chi connectivity index (χ3v) is 4.76. The maximum atomic E-state index is 11.3. The van der Waals surface area contributed by atoms with Crippen LogP contribution in [-0.4, -0.2) is 16.0 Å². The first-order valence-electron chi connectivity index (χ1n) is 5.93. The molecule has 1 aromatic heterocycles. The number of nitro benzene ring substituents is 1. The van der Waals surface area contributed by atoms with Gasteiger partial charge in [-0.1, -0.05) is 12.1 Å². The molecule has 2 N–H and O–H groups in total. The molecule has 0 fully saturated rings. The Balaban J connectivity index is 2.16. The van der Waals surface area contributed by atoms with Gasteiger partial charge in [-0.15, -0.1) is 11.3 Å². The fourth-order valence-corrected chi connectivity index (χ4v) is 3.36. The quantitative estimate of drug-likeness (QED) is 0.600. The number of nitrogens with zero attached hydrogens (tertiary/aromatic N) is 1. The van der Waals surface area contributed by atoms with Gasteiger partial charge in [0.05, 0.1) is 4.92 Å². The molecule has 1 heterocycles. The van der Waals surface area contributed by atoms with E-state index in [-0.39, 0.29) is 17.8 Å². The minimum atomic E-state index is -1.29.